The van der Waals surface area contributed by atoms with Gasteiger partial charge in [0.2, 0.25) is 5.91 Å². The Labute approximate surface area is 147 Å². The number of nitrogens with zero attached hydrogens (tertiary/aromatic N) is 1. The topological polar surface area (TPSA) is 69.6 Å². The molecule has 0 saturated carbocycles. The van der Waals surface area contributed by atoms with E-state index < -0.39 is 5.97 Å². The van der Waals surface area contributed by atoms with Gasteiger partial charge in [0.25, 0.3) is 0 Å². The molecule has 2 N–H and O–H groups in total. The van der Waals surface area contributed by atoms with Crippen LogP contribution in [-0.4, -0.2) is 41.5 Å². The molecule has 0 aromatic heterocycles. The zero-order valence-electron chi connectivity index (χ0n) is 14.1. The van der Waals surface area contributed by atoms with Crippen LogP contribution >= 0.6 is 0 Å². The summed E-state index contributed by atoms with van der Waals surface area (Å²) in [6, 6.07) is 15.1. The molecule has 0 atom stereocenters. The number of carboxylic acids is 1. The number of nitrogens with one attached hydrogen (secondary N) is 1. The zero-order valence-corrected chi connectivity index (χ0v) is 14.1. The van der Waals surface area contributed by atoms with Gasteiger partial charge in [-0.1, -0.05) is 42.5 Å². The van der Waals surface area contributed by atoms with E-state index in [-0.39, 0.29) is 17.9 Å². The van der Waals surface area contributed by atoms with Crippen molar-refractivity contribution >= 4 is 11.9 Å². The summed E-state index contributed by atoms with van der Waals surface area (Å²) in [6.45, 7) is 3.26. The van der Waals surface area contributed by atoms with E-state index in [1.807, 2.05) is 0 Å². The van der Waals surface area contributed by atoms with Crippen molar-refractivity contribution in [3.8, 4) is 0 Å². The van der Waals surface area contributed by atoms with E-state index in [2.05, 4.69) is 34.5 Å². The first-order valence-corrected chi connectivity index (χ1v) is 8.50. The Morgan fingerprint density at radius 1 is 1.04 bits per heavy atom. The highest BCUT2D eigenvalue weighted by atomic mass is 16.4. The largest absolute Gasteiger partial charge is 0.478 e. The number of carbonyl (C=O) groups excluding carboxylic acids is 1. The normalized spacial score (nSPS) is 13.9. The Morgan fingerprint density at radius 3 is 2.56 bits per heavy atom. The number of carboxylic acid groups (broad SMARTS) is 1. The van der Waals surface area contributed by atoms with Crippen LogP contribution in [0.25, 0.3) is 0 Å². The van der Waals surface area contributed by atoms with Crippen molar-refractivity contribution in [3.63, 3.8) is 0 Å². The fraction of sp³-hybridized carbons (Fsp3) is 0.300. The lowest BCUT2D eigenvalue weighted by Crippen LogP contribution is -2.38. The molecule has 0 unspecified atom stereocenters. The summed E-state index contributed by atoms with van der Waals surface area (Å²) >= 11 is 0. The third-order valence-corrected chi connectivity index (χ3v) is 4.56. The summed E-state index contributed by atoms with van der Waals surface area (Å²) in [4.78, 5) is 25.6. The number of hydrogen-bond donors (Lipinski definition) is 2. The molecule has 0 bridgehead atoms. The maximum atomic E-state index is 12.1. The molecule has 0 radical (unpaired) electrons. The lowest BCUT2D eigenvalue weighted by molar-refractivity contribution is -0.120. The van der Waals surface area contributed by atoms with Crippen LogP contribution in [0.4, 0.5) is 0 Å². The quantitative estimate of drug-likeness (QED) is 0.846. The molecule has 5 heteroatoms. The minimum Gasteiger partial charge on any atom is -0.478 e. The van der Waals surface area contributed by atoms with Crippen LogP contribution in [-0.2, 0) is 24.2 Å². The second kappa shape index (κ2) is 7.94. The van der Waals surface area contributed by atoms with E-state index in [4.69, 9.17) is 5.11 Å². The summed E-state index contributed by atoms with van der Waals surface area (Å²) in [7, 11) is 0. The first kappa shape index (κ1) is 17.2. The second-order valence-corrected chi connectivity index (χ2v) is 6.28. The van der Waals surface area contributed by atoms with E-state index in [0.29, 0.717) is 12.1 Å². The number of fused-ring (bicyclic) bond motifs is 1. The van der Waals surface area contributed by atoms with Crippen molar-refractivity contribution in [2.45, 2.75) is 19.4 Å². The first-order chi connectivity index (χ1) is 12.1. The molecule has 0 spiro atoms. The SMILES string of the molecule is O=C(Cc1ccccc1C(=O)O)NCCN1CCc2ccccc2C1. The molecular formula is C20H22N2O3. The van der Waals surface area contributed by atoms with E-state index in [9.17, 15) is 9.59 Å². The molecule has 25 heavy (non-hydrogen) atoms. The Hall–Kier alpha value is -2.66. The zero-order chi connectivity index (χ0) is 17.6. The van der Waals surface area contributed by atoms with Crippen LogP contribution in [0, 0.1) is 0 Å². The predicted octanol–water partition coefficient (Wildman–Crippen LogP) is 2.10. The molecule has 2 aromatic rings. The third kappa shape index (κ3) is 4.45. The van der Waals surface area contributed by atoms with Crippen molar-refractivity contribution in [2.24, 2.45) is 0 Å². The number of aromatic carboxylic acids is 1. The van der Waals surface area contributed by atoms with Gasteiger partial charge < -0.3 is 10.4 Å². The molecule has 130 valence electrons. The molecule has 1 amide bonds. The van der Waals surface area contributed by atoms with Gasteiger partial charge in [0.05, 0.1) is 12.0 Å². The van der Waals surface area contributed by atoms with Gasteiger partial charge in [-0.25, -0.2) is 4.79 Å². The number of benzene rings is 2. The molecule has 0 saturated heterocycles. The first-order valence-electron chi connectivity index (χ1n) is 8.50. The van der Waals surface area contributed by atoms with Crippen molar-refractivity contribution < 1.29 is 14.7 Å². The molecule has 5 nitrogen and oxygen atoms in total. The van der Waals surface area contributed by atoms with Crippen molar-refractivity contribution in [3.05, 3.63) is 70.8 Å². The van der Waals surface area contributed by atoms with Gasteiger partial charge in [0, 0.05) is 26.2 Å². The molecule has 0 fully saturated rings. The molecule has 1 heterocycles. The monoisotopic (exact) mass is 338 g/mol. The van der Waals surface area contributed by atoms with Gasteiger partial charge in [-0.05, 0) is 29.2 Å². The maximum absolute atomic E-state index is 12.1. The van der Waals surface area contributed by atoms with Crippen LogP contribution in [0.2, 0.25) is 0 Å². The van der Waals surface area contributed by atoms with Crippen LogP contribution in [0.5, 0.6) is 0 Å². The molecular weight excluding hydrogens is 316 g/mol. The highest BCUT2D eigenvalue weighted by Gasteiger charge is 2.16. The van der Waals surface area contributed by atoms with E-state index >= 15 is 0 Å². The highest BCUT2D eigenvalue weighted by Crippen LogP contribution is 2.17. The minimum absolute atomic E-state index is 0.0886. The Morgan fingerprint density at radius 2 is 1.76 bits per heavy atom. The molecule has 0 aliphatic carbocycles. The van der Waals surface area contributed by atoms with Gasteiger partial charge >= 0.3 is 5.97 Å². The van der Waals surface area contributed by atoms with E-state index in [1.165, 1.54) is 17.2 Å². The van der Waals surface area contributed by atoms with Crippen molar-refractivity contribution in [2.75, 3.05) is 19.6 Å². The fourth-order valence-electron chi connectivity index (χ4n) is 3.22. The molecule has 3 rings (SSSR count). The summed E-state index contributed by atoms with van der Waals surface area (Å²) in [5.74, 6) is -1.15. The van der Waals surface area contributed by atoms with Crippen molar-refractivity contribution in [1.29, 1.82) is 0 Å². The lowest BCUT2D eigenvalue weighted by Gasteiger charge is -2.28. The second-order valence-electron chi connectivity index (χ2n) is 6.28. The smallest absolute Gasteiger partial charge is 0.335 e. The molecule has 2 aromatic carbocycles. The van der Waals surface area contributed by atoms with Crippen molar-refractivity contribution in [1.82, 2.24) is 10.2 Å². The van der Waals surface area contributed by atoms with E-state index in [0.717, 1.165) is 26.1 Å². The standard InChI is InChI=1S/C20H22N2O3/c23-19(13-16-6-3-4-8-18(16)20(24)25)21-10-12-22-11-9-15-5-1-2-7-17(15)14-22/h1-8H,9-14H2,(H,21,23)(H,24,25). The summed E-state index contributed by atoms with van der Waals surface area (Å²) < 4.78 is 0. The minimum atomic E-state index is -1.00. The molecule has 1 aliphatic heterocycles. The Bertz CT molecular complexity index is 773. The molecule has 1 aliphatic rings. The third-order valence-electron chi connectivity index (χ3n) is 4.56. The van der Waals surface area contributed by atoms with Gasteiger partial charge in [-0.15, -0.1) is 0 Å². The predicted molar refractivity (Wildman–Crippen MR) is 95.5 cm³/mol. The van der Waals surface area contributed by atoms with E-state index in [1.54, 1.807) is 18.2 Å². The van der Waals surface area contributed by atoms with Gasteiger partial charge in [-0.3, -0.25) is 9.69 Å². The van der Waals surface area contributed by atoms with Crippen LogP contribution in [0.15, 0.2) is 48.5 Å². The summed E-state index contributed by atoms with van der Waals surface area (Å²) in [5, 5.41) is 12.1. The summed E-state index contributed by atoms with van der Waals surface area (Å²) in [6.07, 6.45) is 1.13. The number of carbonyl (C=O) groups is 2. The van der Waals surface area contributed by atoms with Crippen LogP contribution in [0.3, 0.4) is 0 Å². The fourth-order valence-corrected chi connectivity index (χ4v) is 3.22. The number of rotatable bonds is 6. The average Bonchev–Trinajstić information content (AvgIpc) is 2.62. The summed E-state index contributed by atoms with van der Waals surface area (Å²) in [5.41, 5.74) is 3.49. The Kier molecular flexibility index (Phi) is 5.46. The van der Waals surface area contributed by atoms with Gasteiger partial charge in [0.15, 0.2) is 0 Å². The maximum Gasteiger partial charge on any atom is 0.335 e. The number of hydrogen-bond acceptors (Lipinski definition) is 3. The lowest BCUT2D eigenvalue weighted by atomic mass is 10.00. The highest BCUT2D eigenvalue weighted by molar-refractivity contribution is 5.91. The van der Waals surface area contributed by atoms with Gasteiger partial charge in [0.1, 0.15) is 0 Å². The van der Waals surface area contributed by atoms with Crippen LogP contribution in [0.1, 0.15) is 27.0 Å². The van der Waals surface area contributed by atoms with Gasteiger partial charge in [-0.2, -0.15) is 0 Å². The number of amides is 1. The average molecular weight is 338 g/mol. The Balaban J connectivity index is 1.47. The van der Waals surface area contributed by atoms with Crippen LogP contribution < -0.4 is 5.32 Å².